The number of hydrogen-bond donors (Lipinski definition) is 2. The van der Waals surface area contributed by atoms with Crippen LogP contribution in [-0.2, 0) is 36.3 Å². The van der Waals surface area contributed by atoms with E-state index in [1.54, 1.807) is 0 Å². The summed E-state index contributed by atoms with van der Waals surface area (Å²) in [7, 11) is -4.31. The van der Waals surface area contributed by atoms with E-state index in [1.807, 2.05) is 0 Å². The topological polar surface area (TPSA) is 101 Å². The predicted molar refractivity (Wildman–Crippen MR) is 133 cm³/mol. The number of amides is 1. The molecule has 40 heavy (non-hydrogen) atoms. The Balaban J connectivity index is 1.56. The van der Waals surface area contributed by atoms with Gasteiger partial charge in [-0.3, -0.25) is 9.59 Å². The molecule has 3 aliphatic rings. The van der Waals surface area contributed by atoms with Gasteiger partial charge in [-0.05, 0) is 92.3 Å². The molecule has 2 fully saturated rings. The molecule has 0 aromatic heterocycles. The van der Waals surface area contributed by atoms with Crippen LogP contribution in [0, 0.1) is 23.6 Å². The fourth-order valence-corrected chi connectivity index (χ4v) is 9.16. The number of carbonyl (C=O) groups excluding carboxylic acids is 1. The van der Waals surface area contributed by atoms with Crippen LogP contribution in [0.2, 0.25) is 0 Å². The molecule has 2 aromatic carbocycles. The van der Waals surface area contributed by atoms with Gasteiger partial charge in [-0.2, -0.15) is 13.2 Å². The summed E-state index contributed by atoms with van der Waals surface area (Å²) >= 11 is 0. The second kappa shape index (κ2) is 9.53. The van der Waals surface area contributed by atoms with Crippen LogP contribution in [0.15, 0.2) is 47.4 Å². The van der Waals surface area contributed by atoms with E-state index in [4.69, 9.17) is 5.11 Å². The van der Waals surface area contributed by atoms with E-state index in [0.29, 0.717) is 6.92 Å². The van der Waals surface area contributed by atoms with Crippen molar-refractivity contribution in [2.75, 3.05) is 0 Å². The highest BCUT2D eigenvalue weighted by atomic mass is 32.2. The molecule has 5 rings (SSSR count). The molecule has 0 bridgehead atoms. The van der Waals surface area contributed by atoms with Gasteiger partial charge in [0.2, 0.25) is 11.6 Å². The van der Waals surface area contributed by atoms with Crippen molar-refractivity contribution in [3.63, 3.8) is 0 Å². The molecule has 2 aromatic rings. The van der Waals surface area contributed by atoms with Crippen LogP contribution >= 0.6 is 0 Å². The number of carbonyl (C=O) groups is 2. The molecule has 4 atom stereocenters. The first-order valence-corrected chi connectivity index (χ1v) is 14.5. The molecule has 2 saturated carbocycles. The molecule has 3 aliphatic carbocycles. The molecule has 0 saturated heterocycles. The number of aliphatic carboxylic acids is 1. The van der Waals surface area contributed by atoms with E-state index in [1.165, 1.54) is 6.07 Å². The Morgan fingerprint density at radius 1 is 1.02 bits per heavy atom. The third-order valence-electron chi connectivity index (χ3n) is 9.05. The highest BCUT2D eigenvalue weighted by Crippen LogP contribution is 2.59. The molecule has 216 valence electrons. The van der Waals surface area contributed by atoms with E-state index >= 15 is 0 Å². The molecule has 0 spiro atoms. The third kappa shape index (κ3) is 4.29. The number of carboxylic acid groups (broad SMARTS) is 1. The van der Waals surface area contributed by atoms with Crippen LogP contribution in [0.1, 0.15) is 55.7 Å². The summed E-state index contributed by atoms with van der Waals surface area (Å²) < 4.78 is 95.8. The summed E-state index contributed by atoms with van der Waals surface area (Å²) in [6, 6.07) is 7.13. The molecular weight excluding hydrogens is 557 g/mol. The fraction of sp³-hybridized carbons (Fsp3) is 0.500. The minimum absolute atomic E-state index is 0.0175. The molecule has 6 nitrogen and oxygen atoms in total. The Bertz CT molecular complexity index is 1450. The number of hydrogen-bond acceptors (Lipinski definition) is 4. The van der Waals surface area contributed by atoms with Crippen molar-refractivity contribution >= 4 is 21.7 Å². The Kier molecular flexibility index (Phi) is 6.79. The lowest BCUT2D eigenvalue weighted by Gasteiger charge is -2.43. The van der Waals surface area contributed by atoms with Crippen molar-refractivity contribution in [3.05, 3.63) is 65.0 Å². The molecule has 0 radical (unpaired) electrons. The summed E-state index contributed by atoms with van der Waals surface area (Å²) in [6.07, 6.45) is -4.22. The van der Waals surface area contributed by atoms with Crippen molar-refractivity contribution in [1.29, 1.82) is 0 Å². The molecule has 0 aliphatic heterocycles. The van der Waals surface area contributed by atoms with Gasteiger partial charge in [0.25, 0.3) is 0 Å². The number of benzene rings is 2. The van der Waals surface area contributed by atoms with Gasteiger partial charge < -0.3 is 10.4 Å². The lowest BCUT2D eigenvalue weighted by molar-refractivity contribution is -0.228. The second-order valence-corrected chi connectivity index (χ2v) is 13.4. The van der Waals surface area contributed by atoms with E-state index < -0.39 is 67.4 Å². The summed E-state index contributed by atoms with van der Waals surface area (Å²) in [5, 5.41) is 12.0. The largest absolute Gasteiger partial charge is 0.481 e. The van der Waals surface area contributed by atoms with E-state index in [2.05, 4.69) is 5.32 Å². The van der Waals surface area contributed by atoms with Gasteiger partial charge in [-0.25, -0.2) is 17.2 Å². The third-order valence-corrected chi connectivity index (χ3v) is 11.6. The SMILES string of the molecule is CC(F)(c1ccc2c(c1)CC[C@H]1[C@H](C(=O)N[C@H]3C[C@@H](C(=O)O)C3)CC[C@@]21S(=O)(=O)c1ccc(F)cc1)C(F)(F)F. The molecule has 1 amide bonds. The normalized spacial score (nSPS) is 29.4. The lowest BCUT2D eigenvalue weighted by atomic mass is 9.72. The highest BCUT2D eigenvalue weighted by molar-refractivity contribution is 7.92. The quantitative estimate of drug-likeness (QED) is 0.359. The van der Waals surface area contributed by atoms with Crippen molar-refractivity contribution < 1.29 is 45.1 Å². The monoisotopic (exact) mass is 585 g/mol. The second-order valence-electron chi connectivity index (χ2n) is 11.2. The van der Waals surface area contributed by atoms with Crippen LogP contribution < -0.4 is 5.32 Å². The van der Waals surface area contributed by atoms with E-state index in [0.717, 1.165) is 36.4 Å². The Labute approximate surface area is 227 Å². The Morgan fingerprint density at radius 3 is 2.27 bits per heavy atom. The smallest absolute Gasteiger partial charge is 0.426 e. The molecule has 2 N–H and O–H groups in total. The summed E-state index contributed by atoms with van der Waals surface area (Å²) in [4.78, 5) is 24.3. The van der Waals surface area contributed by atoms with Crippen molar-refractivity contribution in [2.45, 2.75) is 73.0 Å². The number of alkyl halides is 4. The van der Waals surface area contributed by atoms with E-state index in [9.17, 15) is 40.0 Å². The maximum atomic E-state index is 14.8. The molecule has 1 unspecified atom stereocenters. The number of fused-ring (bicyclic) bond motifs is 3. The first kappa shape index (κ1) is 28.5. The van der Waals surface area contributed by atoms with Gasteiger partial charge in [0.15, 0.2) is 9.84 Å². The number of nitrogens with one attached hydrogen (secondary N) is 1. The van der Waals surface area contributed by atoms with Crippen LogP contribution in [0.25, 0.3) is 0 Å². The number of aryl methyl sites for hydroxylation is 1. The zero-order valence-corrected chi connectivity index (χ0v) is 22.3. The first-order valence-electron chi connectivity index (χ1n) is 13.0. The average Bonchev–Trinajstić information content (AvgIpc) is 3.26. The fourth-order valence-electron chi connectivity index (χ4n) is 6.69. The summed E-state index contributed by atoms with van der Waals surface area (Å²) in [5.74, 6) is -4.07. The number of carboxylic acids is 1. The van der Waals surface area contributed by atoms with Crippen LogP contribution in [0.4, 0.5) is 22.0 Å². The van der Waals surface area contributed by atoms with Gasteiger partial charge in [0.1, 0.15) is 10.6 Å². The van der Waals surface area contributed by atoms with Gasteiger partial charge in [0, 0.05) is 12.0 Å². The zero-order valence-electron chi connectivity index (χ0n) is 21.5. The highest BCUT2D eigenvalue weighted by Gasteiger charge is 2.62. The van der Waals surface area contributed by atoms with Gasteiger partial charge >= 0.3 is 12.1 Å². The van der Waals surface area contributed by atoms with Gasteiger partial charge in [-0.1, -0.05) is 18.2 Å². The molecule has 0 heterocycles. The first-order chi connectivity index (χ1) is 18.6. The standard InChI is InChI=1S/C28H28F5NO5S/c1-26(30,28(31,32)33)17-3-9-22-15(12-17)2-8-23-21(24(35)34-19-13-16(14-19)25(36)37)10-11-27(22,23)40(38,39)20-6-4-18(29)5-7-20/h3-7,9,12,16,19,21,23H,2,8,10-11,13-14H2,1H3,(H,34,35)(H,36,37)/t16-,19+,21-,23+,26?,27-/m1/s1. The Hall–Kier alpha value is -3.02. The minimum Gasteiger partial charge on any atom is -0.481 e. The number of halogens is 5. The maximum Gasteiger partial charge on any atom is 0.426 e. The van der Waals surface area contributed by atoms with Crippen molar-refractivity contribution in [2.24, 2.45) is 17.8 Å². The van der Waals surface area contributed by atoms with Crippen LogP contribution in [0.3, 0.4) is 0 Å². The average molecular weight is 586 g/mol. The summed E-state index contributed by atoms with van der Waals surface area (Å²) in [6.45, 7) is 0.413. The predicted octanol–water partition coefficient (Wildman–Crippen LogP) is 5.19. The Morgan fingerprint density at radius 2 is 1.68 bits per heavy atom. The van der Waals surface area contributed by atoms with Crippen LogP contribution in [0.5, 0.6) is 0 Å². The number of sulfone groups is 1. The van der Waals surface area contributed by atoms with Crippen molar-refractivity contribution in [3.8, 4) is 0 Å². The summed E-state index contributed by atoms with van der Waals surface area (Å²) in [5.41, 5.74) is -3.82. The van der Waals surface area contributed by atoms with Crippen molar-refractivity contribution in [1.82, 2.24) is 5.32 Å². The zero-order chi connectivity index (χ0) is 29.3. The lowest BCUT2D eigenvalue weighted by Crippen LogP contribution is -2.51. The van der Waals surface area contributed by atoms with Gasteiger partial charge in [0.05, 0.1) is 10.8 Å². The van der Waals surface area contributed by atoms with Crippen LogP contribution in [-0.4, -0.2) is 37.6 Å². The molecular formula is C28H28F5NO5S. The molecule has 12 heteroatoms. The maximum absolute atomic E-state index is 14.8. The van der Waals surface area contributed by atoms with Gasteiger partial charge in [-0.15, -0.1) is 0 Å². The number of rotatable bonds is 6. The minimum atomic E-state index is -5.19. The van der Waals surface area contributed by atoms with E-state index in [-0.39, 0.29) is 60.6 Å².